The summed E-state index contributed by atoms with van der Waals surface area (Å²) < 4.78 is 12.5. The Labute approximate surface area is 172 Å². The maximum atomic E-state index is 12.6. The van der Waals surface area contributed by atoms with Gasteiger partial charge in [0.1, 0.15) is 19.3 Å². The number of amides is 2. The van der Waals surface area contributed by atoms with Crippen LogP contribution in [0.15, 0.2) is 42.5 Å². The molecule has 30 heavy (non-hydrogen) atoms. The van der Waals surface area contributed by atoms with Crippen LogP contribution in [-0.4, -0.2) is 39.8 Å². The van der Waals surface area contributed by atoms with Crippen LogP contribution < -0.4 is 20.1 Å². The smallest absolute Gasteiger partial charge is 0.252 e. The molecule has 152 valence electrons. The van der Waals surface area contributed by atoms with Crippen LogP contribution in [0.5, 0.6) is 11.5 Å². The van der Waals surface area contributed by atoms with Crippen LogP contribution in [0.2, 0.25) is 0 Å². The second kappa shape index (κ2) is 7.18. The van der Waals surface area contributed by atoms with Gasteiger partial charge in [0, 0.05) is 17.3 Å². The average Bonchev–Trinajstić information content (AvgIpc) is 3.27. The van der Waals surface area contributed by atoms with Crippen molar-refractivity contribution in [3.63, 3.8) is 0 Å². The Kier molecular flexibility index (Phi) is 4.35. The zero-order chi connectivity index (χ0) is 20.7. The number of nitrogens with one attached hydrogen (secondary N) is 2. The molecule has 0 aliphatic carbocycles. The minimum absolute atomic E-state index is 0.0655. The molecule has 2 N–H and O–H groups in total. The number of benzene rings is 2. The summed E-state index contributed by atoms with van der Waals surface area (Å²) in [6.45, 7) is 2.96. The third-order valence-corrected chi connectivity index (χ3v) is 4.98. The quantitative estimate of drug-likeness (QED) is 0.691. The van der Waals surface area contributed by atoms with Gasteiger partial charge in [-0.05, 0) is 19.1 Å². The lowest BCUT2D eigenvalue weighted by Gasteiger charge is -2.19. The van der Waals surface area contributed by atoms with E-state index in [4.69, 9.17) is 9.47 Å². The summed E-state index contributed by atoms with van der Waals surface area (Å²) in [5.41, 5.74) is 2.55. The molecule has 2 aliphatic rings. The monoisotopic (exact) mass is 405 g/mol. The van der Waals surface area contributed by atoms with Crippen molar-refractivity contribution in [3.8, 4) is 22.9 Å². The fraction of sp³-hybridized carbons (Fsp3) is 0.238. The zero-order valence-corrected chi connectivity index (χ0v) is 16.2. The first-order valence-electron chi connectivity index (χ1n) is 9.61. The van der Waals surface area contributed by atoms with E-state index in [1.54, 1.807) is 18.2 Å². The standard InChI is InChI=1S/C21H19N5O4/c1-12-2-4-13(5-3-12)19-23-21-24-20(28)15(26(21)25-19)11-18(27)22-14-6-7-16-17(10-14)30-9-8-29-16/h2-7,10,15H,8-9,11H2,1H3,(H,22,27)(H,23,24,25,28). The van der Waals surface area contributed by atoms with E-state index in [-0.39, 0.29) is 18.2 Å². The first-order chi connectivity index (χ1) is 14.6. The van der Waals surface area contributed by atoms with Crippen molar-refractivity contribution in [2.45, 2.75) is 19.4 Å². The molecule has 0 saturated carbocycles. The molecule has 2 amide bonds. The van der Waals surface area contributed by atoms with Crippen molar-refractivity contribution < 1.29 is 19.1 Å². The number of aromatic nitrogens is 3. The molecule has 1 unspecified atom stereocenters. The van der Waals surface area contributed by atoms with Gasteiger partial charge >= 0.3 is 0 Å². The van der Waals surface area contributed by atoms with E-state index >= 15 is 0 Å². The number of rotatable bonds is 4. The molecular formula is C21H19N5O4. The van der Waals surface area contributed by atoms with E-state index in [2.05, 4.69) is 20.7 Å². The van der Waals surface area contributed by atoms with E-state index in [0.29, 0.717) is 42.2 Å². The van der Waals surface area contributed by atoms with Crippen LogP contribution in [0, 0.1) is 6.92 Å². The second-order valence-electron chi connectivity index (χ2n) is 7.19. The first-order valence-corrected chi connectivity index (χ1v) is 9.61. The van der Waals surface area contributed by atoms with Gasteiger partial charge in [-0.15, -0.1) is 5.10 Å². The van der Waals surface area contributed by atoms with Crippen LogP contribution in [0.25, 0.3) is 11.4 Å². The lowest BCUT2D eigenvalue weighted by Crippen LogP contribution is -2.24. The Balaban J connectivity index is 1.31. The number of anilines is 2. The lowest BCUT2D eigenvalue weighted by molar-refractivity contribution is -0.123. The highest BCUT2D eigenvalue weighted by Crippen LogP contribution is 2.33. The molecule has 0 spiro atoms. The van der Waals surface area contributed by atoms with Gasteiger partial charge in [-0.2, -0.15) is 4.98 Å². The highest BCUT2D eigenvalue weighted by Gasteiger charge is 2.35. The van der Waals surface area contributed by atoms with E-state index in [1.807, 2.05) is 31.2 Å². The number of carbonyl (C=O) groups is 2. The maximum absolute atomic E-state index is 12.6. The Morgan fingerprint density at radius 3 is 2.73 bits per heavy atom. The number of aryl methyl sites for hydroxylation is 1. The molecule has 2 aliphatic heterocycles. The summed E-state index contributed by atoms with van der Waals surface area (Å²) in [5, 5.41) is 9.94. The Bertz CT molecular complexity index is 1140. The molecule has 0 saturated heterocycles. The molecule has 0 fully saturated rings. The summed E-state index contributed by atoms with van der Waals surface area (Å²) in [5.74, 6) is 1.45. The van der Waals surface area contributed by atoms with Gasteiger partial charge in [-0.25, -0.2) is 4.68 Å². The SMILES string of the molecule is Cc1ccc(-c2nc3n(n2)C(CC(=O)Nc2ccc4c(c2)OCCO4)C(=O)N3)cc1. The van der Waals surface area contributed by atoms with Crippen LogP contribution in [0.1, 0.15) is 18.0 Å². The van der Waals surface area contributed by atoms with Gasteiger partial charge in [-0.3, -0.25) is 14.9 Å². The summed E-state index contributed by atoms with van der Waals surface area (Å²) >= 11 is 0. The fourth-order valence-corrected chi connectivity index (χ4v) is 3.44. The molecule has 3 heterocycles. The van der Waals surface area contributed by atoms with Crippen molar-refractivity contribution >= 4 is 23.5 Å². The molecule has 5 rings (SSSR count). The third kappa shape index (κ3) is 3.34. The zero-order valence-electron chi connectivity index (χ0n) is 16.2. The summed E-state index contributed by atoms with van der Waals surface area (Å²) in [6, 6.07) is 12.2. The normalized spacial score (nSPS) is 16.7. The van der Waals surface area contributed by atoms with E-state index in [9.17, 15) is 9.59 Å². The van der Waals surface area contributed by atoms with E-state index in [0.717, 1.165) is 11.1 Å². The summed E-state index contributed by atoms with van der Waals surface area (Å²) in [7, 11) is 0. The largest absolute Gasteiger partial charge is 0.486 e. The van der Waals surface area contributed by atoms with Crippen LogP contribution in [0.3, 0.4) is 0 Å². The number of fused-ring (bicyclic) bond motifs is 2. The van der Waals surface area contributed by atoms with Gasteiger partial charge < -0.3 is 14.8 Å². The Morgan fingerprint density at radius 1 is 1.17 bits per heavy atom. The summed E-state index contributed by atoms with van der Waals surface area (Å²) in [4.78, 5) is 29.3. The Morgan fingerprint density at radius 2 is 1.93 bits per heavy atom. The fourth-order valence-electron chi connectivity index (χ4n) is 3.44. The second-order valence-corrected chi connectivity index (χ2v) is 7.19. The van der Waals surface area contributed by atoms with Crippen LogP contribution in [0.4, 0.5) is 11.6 Å². The van der Waals surface area contributed by atoms with Crippen molar-refractivity contribution in [3.05, 3.63) is 48.0 Å². The van der Waals surface area contributed by atoms with Gasteiger partial charge in [0.2, 0.25) is 11.9 Å². The first kappa shape index (κ1) is 18.2. The molecule has 0 bridgehead atoms. The molecule has 1 atom stereocenters. The number of nitrogens with zero attached hydrogens (tertiary/aromatic N) is 3. The molecular weight excluding hydrogens is 386 g/mol. The molecule has 9 nitrogen and oxygen atoms in total. The molecule has 2 aromatic carbocycles. The molecule has 9 heteroatoms. The molecule has 3 aromatic rings. The summed E-state index contributed by atoms with van der Waals surface area (Å²) in [6.07, 6.45) is -0.0655. The molecule has 1 aromatic heterocycles. The minimum Gasteiger partial charge on any atom is -0.486 e. The Hall–Kier alpha value is -3.88. The van der Waals surface area contributed by atoms with Gasteiger partial charge in [-0.1, -0.05) is 29.8 Å². The number of hydrogen-bond donors (Lipinski definition) is 2. The van der Waals surface area contributed by atoms with Crippen molar-refractivity contribution in [1.82, 2.24) is 14.8 Å². The third-order valence-electron chi connectivity index (χ3n) is 4.98. The van der Waals surface area contributed by atoms with Crippen molar-refractivity contribution in [2.24, 2.45) is 0 Å². The number of ether oxygens (including phenoxy) is 2. The van der Waals surface area contributed by atoms with E-state index < -0.39 is 6.04 Å². The number of hydrogen-bond acceptors (Lipinski definition) is 6. The predicted molar refractivity (Wildman–Crippen MR) is 109 cm³/mol. The van der Waals surface area contributed by atoms with Crippen molar-refractivity contribution in [1.29, 1.82) is 0 Å². The van der Waals surface area contributed by atoms with Crippen molar-refractivity contribution in [2.75, 3.05) is 23.8 Å². The van der Waals surface area contributed by atoms with Gasteiger partial charge in [0.05, 0.1) is 6.42 Å². The number of carbonyl (C=O) groups excluding carboxylic acids is 2. The van der Waals surface area contributed by atoms with Crippen LogP contribution in [-0.2, 0) is 9.59 Å². The highest BCUT2D eigenvalue weighted by molar-refractivity contribution is 6.01. The van der Waals surface area contributed by atoms with Gasteiger partial charge in [0.25, 0.3) is 5.91 Å². The minimum atomic E-state index is -0.760. The molecule has 0 radical (unpaired) electrons. The highest BCUT2D eigenvalue weighted by atomic mass is 16.6. The topological polar surface area (TPSA) is 107 Å². The van der Waals surface area contributed by atoms with Crippen LogP contribution >= 0.6 is 0 Å². The lowest BCUT2D eigenvalue weighted by atomic mass is 10.1. The average molecular weight is 405 g/mol. The predicted octanol–water partition coefficient (Wildman–Crippen LogP) is 2.55. The maximum Gasteiger partial charge on any atom is 0.252 e. The van der Waals surface area contributed by atoms with Gasteiger partial charge in [0.15, 0.2) is 17.3 Å². The van der Waals surface area contributed by atoms with E-state index in [1.165, 1.54) is 4.68 Å².